The van der Waals surface area contributed by atoms with E-state index in [9.17, 15) is 0 Å². The average molecular weight is 599 g/mol. The Kier molecular flexibility index (Phi) is 5.14. The number of pyridine rings is 1. The smallest absolute Gasteiger partial charge is 0.178 e. The number of aromatic nitrogens is 2. The van der Waals surface area contributed by atoms with Gasteiger partial charge in [0.25, 0.3) is 0 Å². The lowest BCUT2D eigenvalue weighted by Crippen LogP contribution is -2.21. The number of para-hydroxylation sites is 2. The van der Waals surface area contributed by atoms with E-state index < -0.39 is 0 Å². The highest BCUT2D eigenvalue weighted by molar-refractivity contribution is 6.26. The molecule has 1 aliphatic heterocycles. The largest absolute Gasteiger partial charge is 0.456 e. The lowest BCUT2D eigenvalue weighted by atomic mass is 10.0. The molecule has 0 bridgehead atoms. The number of fused-ring (bicyclic) bond motifs is 10. The molecule has 0 amide bonds. The van der Waals surface area contributed by atoms with Crippen molar-refractivity contribution >= 4 is 71.4 Å². The number of hydrogen-bond donors (Lipinski definition) is 0. The number of ether oxygens (including phenoxy) is 1. The van der Waals surface area contributed by atoms with Crippen molar-refractivity contribution in [1.82, 2.24) is 14.5 Å². The average Bonchev–Trinajstić information content (AvgIpc) is 3.86. The number of rotatable bonds is 4. The minimum Gasteiger partial charge on any atom is -0.456 e. The molecule has 0 saturated carbocycles. The molecule has 10 rings (SSSR count). The first-order valence-electron chi connectivity index (χ1n) is 15.3. The van der Waals surface area contributed by atoms with Crippen LogP contribution in [0.25, 0.3) is 71.5 Å². The molecule has 0 radical (unpaired) electrons. The molecule has 220 valence electrons. The molecule has 5 aromatic carbocycles. The Hall–Kier alpha value is -6.21. The Morgan fingerprint density at radius 3 is 2.28 bits per heavy atom. The van der Waals surface area contributed by atoms with Gasteiger partial charge in [0.2, 0.25) is 0 Å². The van der Waals surface area contributed by atoms with Crippen molar-refractivity contribution in [1.29, 1.82) is 0 Å². The van der Waals surface area contributed by atoms with Gasteiger partial charge in [0.1, 0.15) is 28.3 Å². The summed E-state index contributed by atoms with van der Waals surface area (Å²) in [5.41, 5.74) is 6.29. The number of benzene rings is 5. The summed E-state index contributed by atoms with van der Waals surface area (Å²) in [4.78, 5) is 9.04. The summed E-state index contributed by atoms with van der Waals surface area (Å²) in [7, 11) is 2.07. The van der Waals surface area contributed by atoms with Crippen LogP contribution in [0.15, 0.2) is 137 Å². The van der Waals surface area contributed by atoms with E-state index >= 15 is 0 Å². The molecular formula is C39H26N4O3. The van der Waals surface area contributed by atoms with Crippen molar-refractivity contribution in [3.63, 3.8) is 0 Å². The standard InChI is InChI=1S/C39H26N4O3/c1-41-18-19-42(23-41)24-20-29-38-34(16-15-33-37(38)28-9-3-5-11-32(28)45-33)46-39(29)35(21-24)44-25-13-14-27-26-8-2-4-10-30(26)43(31(27)22-25)36-12-6-7-17-40-36/h2-22H,23H2,1H3. The van der Waals surface area contributed by atoms with Gasteiger partial charge in [-0.3, -0.25) is 4.57 Å². The third-order valence-electron chi connectivity index (χ3n) is 8.99. The molecule has 0 unspecified atom stereocenters. The summed E-state index contributed by atoms with van der Waals surface area (Å²) < 4.78 is 21.9. The van der Waals surface area contributed by atoms with Crippen molar-refractivity contribution < 1.29 is 13.6 Å². The van der Waals surface area contributed by atoms with E-state index in [-0.39, 0.29) is 0 Å². The first-order chi connectivity index (χ1) is 22.7. The monoisotopic (exact) mass is 598 g/mol. The van der Waals surface area contributed by atoms with Crippen LogP contribution < -0.4 is 9.64 Å². The second kappa shape index (κ2) is 9.39. The van der Waals surface area contributed by atoms with E-state index in [4.69, 9.17) is 13.6 Å². The Balaban J connectivity index is 1.21. The van der Waals surface area contributed by atoms with Crippen LogP contribution in [0, 0.1) is 0 Å². The van der Waals surface area contributed by atoms with Crippen molar-refractivity contribution in [2.75, 3.05) is 18.6 Å². The van der Waals surface area contributed by atoms with Crippen LogP contribution in [0.5, 0.6) is 11.5 Å². The summed E-state index contributed by atoms with van der Waals surface area (Å²) in [5.74, 6) is 2.21. The molecule has 7 nitrogen and oxygen atoms in total. The molecule has 7 heteroatoms. The van der Waals surface area contributed by atoms with Crippen LogP contribution in [0.2, 0.25) is 0 Å². The Labute approximate surface area is 262 Å². The number of hydrogen-bond acceptors (Lipinski definition) is 6. The third-order valence-corrected chi connectivity index (χ3v) is 8.99. The van der Waals surface area contributed by atoms with Gasteiger partial charge in [-0.2, -0.15) is 0 Å². The lowest BCUT2D eigenvalue weighted by molar-refractivity contribution is 0.475. The predicted octanol–water partition coefficient (Wildman–Crippen LogP) is 9.95. The maximum atomic E-state index is 6.81. The van der Waals surface area contributed by atoms with Gasteiger partial charge < -0.3 is 23.4 Å². The molecular weight excluding hydrogens is 572 g/mol. The first-order valence-corrected chi connectivity index (χ1v) is 15.3. The molecule has 5 heterocycles. The topological polar surface area (TPSA) is 59.8 Å². The van der Waals surface area contributed by atoms with Crippen LogP contribution in [-0.2, 0) is 0 Å². The van der Waals surface area contributed by atoms with E-state index in [1.54, 1.807) is 0 Å². The highest BCUT2D eigenvalue weighted by Crippen LogP contribution is 2.45. The number of nitrogens with zero attached hydrogens (tertiary/aromatic N) is 4. The molecule has 0 fully saturated rings. The van der Waals surface area contributed by atoms with Gasteiger partial charge in [-0.1, -0.05) is 42.5 Å². The highest BCUT2D eigenvalue weighted by Gasteiger charge is 2.22. The molecule has 9 aromatic rings. The van der Waals surface area contributed by atoms with E-state index in [1.165, 1.54) is 0 Å². The van der Waals surface area contributed by atoms with Crippen molar-refractivity contribution in [3.05, 3.63) is 128 Å². The molecule has 0 spiro atoms. The molecule has 0 atom stereocenters. The fourth-order valence-corrected chi connectivity index (χ4v) is 6.95. The zero-order valence-corrected chi connectivity index (χ0v) is 24.8. The Morgan fingerprint density at radius 2 is 1.43 bits per heavy atom. The van der Waals surface area contributed by atoms with Crippen molar-refractivity contribution in [2.45, 2.75) is 0 Å². The Bertz CT molecular complexity index is 2680. The molecule has 0 N–H and O–H groups in total. The highest BCUT2D eigenvalue weighted by atomic mass is 16.5. The van der Waals surface area contributed by atoms with Gasteiger partial charge in [-0.25, -0.2) is 4.98 Å². The van der Waals surface area contributed by atoms with Gasteiger partial charge in [-0.15, -0.1) is 0 Å². The summed E-state index contributed by atoms with van der Waals surface area (Å²) in [6.45, 7) is 0.737. The lowest BCUT2D eigenvalue weighted by Gasteiger charge is -2.19. The minimum atomic E-state index is 0.646. The maximum Gasteiger partial charge on any atom is 0.178 e. The molecule has 4 aromatic heterocycles. The minimum absolute atomic E-state index is 0.646. The van der Waals surface area contributed by atoms with E-state index in [2.05, 4.69) is 93.4 Å². The van der Waals surface area contributed by atoms with Gasteiger partial charge in [-0.05, 0) is 54.6 Å². The zero-order valence-electron chi connectivity index (χ0n) is 24.8. The SMILES string of the molecule is CN1C=CN(c2cc(Oc3ccc4c5ccccc5n(-c5ccccn5)c4c3)c3oc4ccc5oc6ccccc6c5c4c3c2)C1. The number of anilines is 1. The third kappa shape index (κ3) is 3.62. The van der Waals surface area contributed by atoms with Crippen LogP contribution in [0.3, 0.4) is 0 Å². The second-order valence-corrected chi connectivity index (χ2v) is 11.8. The van der Waals surface area contributed by atoms with Gasteiger partial charge in [0.05, 0.1) is 17.7 Å². The summed E-state index contributed by atoms with van der Waals surface area (Å²) in [6.07, 6.45) is 5.99. The zero-order chi connectivity index (χ0) is 30.4. The normalized spacial score (nSPS) is 13.5. The molecule has 0 saturated heterocycles. The van der Waals surface area contributed by atoms with Crippen LogP contribution >= 0.6 is 0 Å². The molecule has 46 heavy (non-hydrogen) atoms. The van der Waals surface area contributed by atoms with Crippen molar-refractivity contribution in [2.24, 2.45) is 0 Å². The Morgan fingerprint density at radius 1 is 0.652 bits per heavy atom. The van der Waals surface area contributed by atoms with E-state index in [0.29, 0.717) is 17.1 Å². The van der Waals surface area contributed by atoms with Crippen LogP contribution in [0.4, 0.5) is 5.69 Å². The summed E-state index contributed by atoms with van der Waals surface area (Å²) in [6, 6.07) is 37.1. The fraction of sp³-hybridized carbons (Fsp3) is 0.0513. The fourth-order valence-electron chi connectivity index (χ4n) is 6.95. The van der Waals surface area contributed by atoms with Gasteiger partial charge >= 0.3 is 0 Å². The van der Waals surface area contributed by atoms with Crippen LogP contribution in [0.1, 0.15) is 0 Å². The maximum absolute atomic E-state index is 6.81. The van der Waals surface area contributed by atoms with Crippen molar-refractivity contribution in [3.8, 4) is 17.3 Å². The molecule has 1 aliphatic rings. The van der Waals surface area contributed by atoms with E-state index in [1.807, 2.05) is 60.8 Å². The predicted molar refractivity (Wildman–Crippen MR) is 184 cm³/mol. The first kappa shape index (κ1) is 25.2. The van der Waals surface area contributed by atoms with Gasteiger partial charge in [0.15, 0.2) is 11.3 Å². The van der Waals surface area contributed by atoms with Gasteiger partial charge in [0, 0.05) is 75.8 Å². The summed E-state index contributed by atoms with van der Waals surface area (Å²) >= 11 is 0. The number of furan rings is 2. The quantitative estimate of drug-likeness (QED) is 0.201. The second-order valence-electron chi connectivity index (χ2n) is 11.8. The summed E-state index contributed by atoms with van der Waals surface area (Å²) in [5, 5.41) is 6.41. The van der Waals surface area contributed by atoms with Crippen LogP contribution in [-0.4, -0.2) is 28.2 Å². The van der Waals surface area contributed by atoms with E-state index in [0.717, 1.165) is 78.3 Å². The molecule has 0 aliphatic carbocycles.